The van der Waals surface area contributed by atoms with Crippen LogP contribution in [0.1, 0.15) is 18.1 Å². The first kappa shape index (κ1) is 16.1. The van der Waals surface area contributed by atoms with E-state index in [4.69, 9.17) is 0 Å². The first-order chi connectivity index (χ1) is 10.1. The number of rotatable bonds is 6. The van der Waals surface area contributed by atoms with Gasteiger partial charge >= 0.3 is 0 Å². The van der Waals surface area contributed by atoms with Crippen LogP contribution in [0, 0.1) is 11.6 Å². The fourth-order valence-corrected chi connectivity index (χ4v) is 2.78. The second-order valence-electron chi connectivity index (χ2n) is 5.03. The second-order valence-corrected chi connectivity index (χ2v) is 5.94. The molecule has 0 aliphatic carbocycles. The normalized spacial score (nSPS) is 12.4. The molecule has 0 amide bonds. The molecule has 0 aromatic heterocycles. The molecule has 4 heteroatoms. The summed E-state index contributed by atoms with van der Waals surface area (Å²) in [6, 6.07) is 11.6. The van der Waals surface area contributed by atoms with Gasteiger partial charge in [-0.05, 0) is 60.8 Å². The van der Waals surface area contributed by atoms with Gasteiger partial charge in [-0.25, -0.2) is 8.78 Å². The minimum absolute atomic E-state index is 0.115. The Morgan fingerprint density at radius 2 is 1.76 bits per heavy atom. The number of likely N-dealkylation sites (N-methyl/N-ethyl adjacent to an activating group) is 1. The highest BCUT2D eigenvalue weighted by Crippen LogP contribution is 2.18. The van der Waals surface area contributed by atoms with Gasteiger partial charge in [-0.3, -0.25) is 0 Å². The van der Waals surface area contributed by atoms with E-state index in [1.54, 1.807) is 18.2 Å². The van der Waals surface area contributed by atoms with Gasteiger partial charge in [0, 0.05) is 10.5 Å². The summed E-state index contributed by atoms with van der Waals surface area (Å²) < 4.78 is 27.7. The first-order valence-corrected chi connectivity index (χ1v) is 7.79. The third kappa shape index (κ3) is 4.90. The average Bonchev–Trinajstić information content (AvgIpc) is 2.45. The molecule has 1 nitrogen and oxygen atoms in total. The zero-order valence-electron chi connectivity index (χ0n) is 11.9. The minimum atomic E-state index is -0.239. The molecule has 1 N–H and O–H groups in total. The van der Waals surface area contributed by atoms with Crippen LogP contribution in [0.3, 0.4) is 0 Å². The summed E-state index contributed by atoms with van der Waals surface area (Å²) in [7, 11) is 0. The molecule has 21 heavy (non-hydrogen) atoms. The SMILES string of the molecule is CCNC(Cc1ccc(F)cc1)Cc1cc(Br)ccc1F. The van der Waals surface area contributed by atoms with Gasteiger partial charge in [-0.15, -0.1) is 0 Å². The van der Waals surface area contributed by atoms with Gasteiger partial charge in [0.05, 0.1) is 0 Å². The van der Waals surface area contributed by atoms with Gasteiger partial charge in [0.2, 0.25) is 0 Å². The highest BCUT2D eigenvalue weighted by Gasteiger charge is 2.13. The van der Waals surface area contributed by atoms with Crippen LogP contribution in [0.15, 0.2) is 46.9 Å². The van der Waals surface area contributed by atoms with E-state index in [9.17, 15) is 8.78 Å². The van der Waals surface area contributed by atoms with E-state index in [0.717, 1.165) is 23.0 Å². The van der Waals surface area contributed by atoms with Crippen LogP contribution in [0.25, 0.3) is 0 Å². The van der Waals surface area contributed by atoms with E-state index in [1.165, 1.54) is 18.2 Å². The molecule has 0 fully saturated rings. The lowest BCUT2D eigenvalue weighted by atomic mass is 9.98. The summed E-state index contributed by atoms with van der Waals surface area (Å²) in [5.41, 5.74) is 1.72. The van der Waals surface area contributed by atoms with E-state index >= 15 is 0 Å². The van der Waals surface area contributed by atoms with Crippen molar-refractivity contribution in [3.05, 3.63) is 69.7 Å². The molecule has 2 aromatic rings. The summed E-state index contributed by atoms with van der Waals surface area (Å²) in [6.45, 7) is 2.83. The Morgan fingerprint density at radius 3 is 2.43 bits per heavy atom. The quantitative estimate of drug-likeness (QED) is 0.806. The molecule has 1 unspecified atom stereocenters. The molecule has 0 aliphatic rings. The third-order valence-corrected chi connectivity index (χ3v) is 3.86. The summed E-state index contributed by atoms with van der Waals surface area (Å²) in [6.07, 6.45) is 1.33. The lowest BCUT2D eigenvalue weighted by Crippen LogP contribution is -2.33. The molecule has 0 aliphatic heterocycles. The van der Waals surface area contributed by atoms with Crippen LogP contribution < -0.4 is 5.32 Å². The molecule has 0 spiro atoms. The minimum Gasteiger partial charge on any atom is -0.314 e. The predicted molar refractivity (Wildman–Crippen MR) is 85.4 cm³/mol. The van der Waals surface area contributed by atoms with Gasteiger partial charge in [-0.1, -0.05) is 35.0 Å². The van der Waals surface area contributed by atoms with E-state index in [2.05, 4.69) is 21.2 Å². The van der Waals surface area contributed by atoms with Crippen molar-refractivity contribution in [1.82, 2.24) is 5.32 Å². The van der Waals surface area contributed by atoms with Gasteiger partial charge in [0.25, 0.3) is 0 Å². The Kier molecular flexibility index (Phi) is 5.88. The number of nitrogens with one attached hydrogen (secondary N) is 1. The lowest BCUT2D eigenvalue weighted by molar-refractivity contribution is 0.505. The number of hydrogen-bond acceptors (Lipinski definition) is 1. The molecule has 0 radical (unpaired) electrons. The number of benzene rings is 2. The van der Waals surface area contributed by atoms with Crippen LogP contribution in [-0.2, 0) is 12.8 Å². The van der Waals surface area contributed by atoms with Crippen LogP contribution >= 0.6 is 15.9 Å². The van der Waals surface area contributed by atoms with Crippen LogP contribution in [-0.4, -0.2) is 12.6 Å². The molecule has 0 saturated heterocycles. The van der Waals surface area contributed by atoms with Crippen molar-refractivity contribution in [2.45, 2.75) is 25.8 Å². The lowest BCUT2D eigenvalue weighted by Gasteiger charge is -2.18. The third-order valence-electron chi connectivity index (χ3n) is 3.36. The van der Waals surface area contributed by atoms with Crippen molar-refractivity contribution in [1.29, 1.82) is 0 Å². The summed E-state index contributed by atoms with van der Waals surface area (Å²) in [5, 5.41) is 3.37. The molecule has 112 valence electrons. The first-order valence-electron chi connectivity index (χ1n) is 7.00. The molecular formula is C17H18BrF2N. The highest BCUT2D eigenvalue weighted by molar-refractivity contribution is 9.10. The maximum Gasteiger partial charge on any atom is 0.126 e. The van der Waals surface area contributed by atoms with Crippen molar-refractivity contribution in [3.63, 3.8) is 0 Å². The second kappa shape index (κ2) is 7.66. The number of halogens is 3. The molecule has 0 heterocycles. The zero-order valence-corrected chi connectivity index (χ0v) is 13.5. The van der Waals surface area contributed by atoms with Gasteiger partial charge in [-0.2, -0.15) is 0 Å². The number of hydrogen-bond donors (Lipinski definition) is 1. The van der Waals surface area contributed by atoms with Crippen molar-refractivity contribution in [2.24, 2.45) is 0 Å². The van der Waals surface area contributed by atoms with E-state index in [-0.39, 0.29) is 17.7 Å². The molecule has 0 bridgehead atoms. The van der Waals surface area contributed by atoms with Crippen molar-refractivity contribution >= 4 is 15.9 Å². The van der Waals surface area contributed by atoms with Crippen LogP contribution in [0.4, 0.5) is 8.78 Å². The van der Waals surface area contributed by atoms with E-state index < -0.39 is 0 Å². The summed E-state index contributed by atoms with van der Waals surface area (Å²) >= 11 is 3.37. The Balaban J connectivity index is 2.11. The van der Waals surface area contributed by atoms with Crippen molar-refractivity contribution < 1.29 is 8.78 Å². The zero-order chi connectivity index (χ0) is 15.2. The van der Waals surface area contributed by atoms with E-state index in [1.807, 2.05) is 13.0 Å². The monoisotopic (exact) mass is 353 g/mol. The van der Waals surface area contributed by atoms with Gasteiger partial charge < -0.3 is 5.32 Å². The fraction of sp³-hybridized carbons (Fsp3) is 0.294. The summed E-state index contributed by atoms with van der Waals surface area (Å²) in [5.74, 6) is -0.433. The van der Waals surface area contributed by atoms with Gasteiger partial charge in [0.1, 0.15) is 11.6 Å². The summed E-state index contributed by atoms with van der Waals surface area (Å²) in [4.78, 5) is 0. The van der Waals surface area contributed by atoms with Crippen LogP contribution in [0.2, 0.25) is 0 Å². The Hall–Kier alpha value is -1.26. The Bertz CT molecular complexity index is 584. The average molecular weight is 354 g/mol. The van der Waals surface area contributed by atoms with E-state index in [0.29, 0.717) is 12.0 Å². The molecule has 2 rings (SSSR count). The van der Waals surface area contributed by atoms with Gasteiger partial charge in [0.15, 0.2) is 0 Å². The van der Waals surface area contributed by atoms with Crippen molar-refractivity contribution in [2.75, 3.05) is 6.54 Å². The topological polar surface area (TPSA) is 12.0 Å². The molecule has 2 aromatic carbocycles. The molecule has 0 saturated carbocycles. The Morgan fingerprint density at radius 1 is 1.05 bits per heavy atom. The smallest absolute Gasteiger partial charge is 0.126 e. The maximum absolute atomic E-state index is 13.9. The molecular weight excluding hydrogens is 336 g/mol. The highest BCUT2D eigenvalue weighted by atomic mass is 79.9. The fourth-order valence-electron chi connectivity index (χ4n) is 2.38. The van der Waals surface area contributed by atoms with Crippen LogP contribution in [0.5, 0.6) is 0 Å². The Labute approximate surface area is 132 Å². The largest absolute Gasteiger partial charge is 0.314 e. The standard InChI is InChI=1S/C17H18BrF2N/c1-2-21-16(9-12-3-6-15(19)7-4-12)11-13-10-14(18)5-8-17(13)20/h3-8,10,16,21H,2,9,11H2,1H3. The predicted octanol–water partition coefficient (Wildman–Crippen LogP) is 4.49. The maximum atomic E-state index is 13.9. The molecule has 1 atom stereocenters. The van der Waals surface area contributed by atoms with Crippen molar-refractivity contribution in [3.8, 4) is 0 Å².